The zero-order valence-electron chi connectivity index (χ0n) is 9.35. The first-order valence-electron chi connectivity index (χ1n) is 5.01. The topological polar surface area (TPSA) is 26.0 Å². The molecule has 0 heterocycles. The molecule has 0 bridgehead atoms. The summed E-state index contributed by atoms with van der Waals surface area (Å²) in [6, 6.07) is 3.61. The van der Waals surface area contributed by atoms with E-state index in [2.05, 4.69) is 0 Å². The first-order valence-corrected chi connectivity index (χ1v) is 5.01. The van der Waals surface area contributed by atoms with Gasteiger partial charge in [0.05, 0.1) is 0 Å². The minimum absolute atomic E-state index is 0.0833. The summed E-state index contributed by atoms with van der Waals surface area (Å²) in [5, 5.41) is 0. The largest absolute Gasteiger partial charge is 0.327 e. The molecule has 1 unspecified atom stereocenters. The van der Waals surface area contributed by atoms with Crippen molar-refractivity contribution in [3.8, 4) is 0 Å². The van der Waals surface area contributed by atoms with E-state index in [0.29, 0.717) is 0 Å². The van der Waals surface area contributed by atoms with Crippen LogP contribution in [0.2, 0.25) is 0 Å². The number of hydrogen-bond acceptors (Lipinski definition) is 1. The zero-order chi connectivity index (χ0) is 11.6. The second kappa shape index (κ2) is 4.27. The Morgan fingerprint density at radius 1 is 1.20 bits per heavy atom. The maximum absolute atomic E-state index is 13.3. The summed E-state index contributed by atoms with van der Waals surface area (Å²) in [6.07, 6.45) is 0.224. The standard InChI is InChI=1S/C12H17F2N/c1-12(2,3)11(15)7-8-9(13)5-4-6-10(8)14/h4-6,11H,7,15H2,1-3H3. The molecule has 1 nitrogen and oxygen atoms in total. The Balaban J connectivity index is 2.90. The van der Waals surface area contributed by atoms with Gasteiger partial charge in [0.2, 0.25) is 0 Å². The van der Waals surface area contributed by atoms with Crippen molar-refractivity contribution in [1.82, 2.24) is 0 Å². The molecular formula is C12H17F2N. The van der Waals surface area contributed by atoms with Gasteiger partial charge >= 0.3 is 0 Å². The van der Waals surface area contributed by atoms with E-state index in [-0.39, 0.29) is 23.4 Å². The Morgan fingerprint density at radius 2 is 1.67 bits per heavy atom. The molecule has 1 atom stereocenters. The summed E-state index contributed by atoms with van der Waals surface area (Å²) >= 11 is 0. The predicted molar refractivity (Wildman–Crippen MR) is 57.5 cm³/mol. The van der Waals surface area contributed by atoms with E-state index in [0.717, 1.165) is 0 Å². The van der Waals surface area contributed by atoms with Gasteiger partial charge in [0.15, 0.2) is 0 Å². The molecule has 2 N–H and O–H groups in total. The van der Waals surface area contributed by atoms with Crippen molar-refractivity contribution in [3.63, 3.8) is 0 Å². The summed E-state index contributed by atoms with van der Waals surface area (Å²) < 4.78 is 26.6. The maximum Gasteiger partial charge on any atom is 0.129 e. The fraction of sp³-hybridized carbons (Fsp3) is 0.500. The van der Waals surface area contributed by atoms with E-state index in [1.165, 1.54) is 18.2 Å². The van der Waals surface area contributed by atoms with E-state index in [1.807, 2.05) is 20.8 Å². The Kier molecular flexibility index (Phi) is 3.45. The van der Waals surface area contributed by atoms with Crippen molar-refractivity contribution in [3.05, 3.63) is 35.4 Å². The van der Waals surface area contributed by atoms with E-state index >= 15 is 0 Å². The van der Waals surface area contributed by atoms with Gasteiger partial charge in [0.1, 0.15) is 11.6 Å². The van der Waals surface area contributed by atoms with Gasteiger partial charge in [-0.3, -0.25) is 0 Å². The number of rotatable bonds is 2. The molecule has 0 amide bonds. The Morgan fingerprint density at radius 3 is 2.07 bits per heavy atom. The fourth-order valence-corrected chi connectivity index (χ4v) is 1.25. The predicted octanol–water partition coefficient (Wildman–Crippen LogP) is 2.88. The number of halogens is 2. The molecule has 0 aliphatic heterocycles. The minimum atomic E-state index is -0.519. The van der Waals surface area contributed by atoms with Crippen LogP contribution in [0.1, 0.15) is 26.3 Å². The van der Waals surface area contributed by atoms with Crippen LogP contribution >= 0.6 is 0 Å². The van der Waals surface area contributed by atoms with Gasteiger partial charge < -0.3 is 5.73 Å². The molecule has 1 rings (SSSR count). The smallest absolute Gasteiger partial charge is 0.129 e. The molecule has 0 saturated heterocycles. The molecule has 0 fully saturated rings. The van der Waals surface area contributed by atoms with Crippen LogP contribution < -0.4 is 5.73 Å². The second-order valence-electron chi connectivity index (χ2n) is 4.88. The normalized spacial score (nSPS) is 14.0. The van der Waals surface area contributed by atoms with Crippen molar-refractivity contribution in [2.45, 2.75) is 33.2 Å². The van der Waals surface area contributed by atoms with Gasteiger partial charge in [-0.05, 0) is 24.0 Å². The minimum Gasteiger partial charge on any atom is -0.327 e. The van der Waals surface area contributed by atoms with Crippen molar-refractivity contribution < 1.29 is 8.78 Å². The van der Waals surface area contributed by atoms with Crippen LogP contribution in [-0.2, 0) is 6.42 Å². The van der Waals surface area contributed by atoms with Crippen LogP contribution in [-0.4, -0.2) is 6.04 Å². The van der Waals surface area contributed by atoms with E-state index in [9.17, 15) is 8.78 Å². The molecule has 3 heteroatoms. The lowest BCUT2D eigenvalue weighted by Gasteiger charge is -2.27. The highest BCUT2D eigenvalue weighted by Gasteiger charge is 2.23. The molecule has 0 aromatic heterocycles. The van der Waals surface area contributed by atoms with Crippen molar-refractivity contribution in [1.29, 1.82) is 0 Å². The molecule has 0 aliphatic carbocycles. The number of benzene rings is 1. The molecular weight excluding hydrogens is 196 g/mol. The number of nitrogens with two attached hydrogens (primary N) is 1. The average molecular weight is 213 g/mol. The molecule has 0 saturated carbocycles. The maximum atomic E-state index is 13.3. The van der Waals surface area contributed by atoms with Crippen LogP contribution in [0.25, 0.3) is 0 Å². The first-order chi connectivity index (χ1) is 6.82. The van der Waals surface area contributed by atoms with Crippen molar-refractivity contribution in [2.75, 3.05) is 0 Å². The molecule has 1 aromatic carbocycles. The van der Waals surface area contributed by atoms with Crippen molar-refractivity contribution in [2.24, 2.45) is 11.1 Å². The molecule has 0 spiro atoms. The molecule has 0 radical (unpaired) electrons. The van der Waals surface area contributed by atoms with E-state index < -0.39 is 11.6 Å². The van der Waals surface area contributed by atoms with E-state index in [1.54, 1.807) is 0 Å². The van der Waals surface area contributed by atoms with Gasteiger partial charge in [-0.25, -0.2) is 8.78 Å². The fourth-order valence-electron chi connectivity index (χ4n) is 1.25. The lowest BCUT2D eigenvalue weighted by Crippen LogP contribution is -2.37. The molecule has 84 valence electrons. The lowest BCUT2D eigenvalue weighted by atomic mass is 9.83. The molecule has 1 aromatic rings. The molecule has 15 heavy (non-hydrogen) atoms. The van der Waals surface area contributed by atoms with Crippen LogP contribution in [0.5, 0.6) is 0 Å². The van der Waals surface area contributed by atoms with Crippen molar-refractivity contribution >= 4 is 0 Å². The second-order valence-corrected chi connectivity index (χ2v) is 4.88. The summed E-state index contributed by atoms with van der Waals surface area (Å²) in [5.41, 5.74) is 5.81. The molecule has 0 aliphatic rings. The van der Waals surface area contributed by atoms with Crippen LogP contribution in [0.3, 0.4) is 0 Å². The third kappa shape index (κ3) is 2.99. The van der Waals surface area contributed by atoms with Gasteiger partial charge in [0.25, 0.3) is 0 Å². The van der Waals surface area contributed by atoms with Gasteiger partial charge in [-0.1, -0.05) is 26.8 Å². The third-order valence-corrected chi connectivity index (χ3v) is 2.60. The Labute approximate surface area is 89.3 Å². The van der Waals surface area contributed by atoms with E-state index in [4.69, 9.17) is 5.73 Å². The summed E-state index contributed by atoms with van der Waals surface area (Å²) in [5.74, 6) is -1.04. The zero-order valence-corrected chi connectivity index (χ0v) is 9.35. The average Bonchev–Trinajstić information content (AvgIpc) is 2.09. The highest BCUT2D eigenvalue weighted by Crippen LogP contribution is 2.23. The SMILES string of the molecule is CC(C)(C)C(N)Cc1c(F)cccc1F. The van der Waals surface area contributed by atoms with Gasteiger partial charge in [-0.15, -0.1) is 0 Å². The lowest BCUT2D eigenvalue weighted by molar-refractivity contribution is 0.313. The van der Waals surface area contributed by atoms with Gasteiger partial charge in [-0.2, -0.15) is 0 Å². The van der Waals surface area contributed by atoms with Gasteiger partial charge in [0, 0.05) is 11.6 Å². The summed E-state index contributed by atoms with van der Waals surface area (Å²) in [6.45, 7) is 5.86. The summed E-state index contributed by atoms with van der Waals surface area (Å²) in [4.78, 5) is 0. The third-order valence-electron chi connectivity index (χ3n) is 2.60. The first kappa shape index (κ1) is 12.1. The number of hydrogen-bond donors (Lipinski definition) is 1. The quantitative estimate of drug-likeness (QED) is 0.803. The van der Waals surface area contributed by atoms with Crippen LogP contribution in [0.4, 0.5) is 8.78 Å². The van der Waals surface area contributed by atoms with Crippen LogP contribution in [0.15, 0.2) is 18.2 Å². The Bertz CT molecular complexity index is 322. The highest BCUT2D eigenvalue weighted by molar-refractivity contribution is 5.21. The monoisotopic (exact) mass is 213 g/mol. The van der Waals surface area contributed by atoms with Crippen LogP contribution in [0, 0.1) is 17.0 Å². The summed E-state index contributed by atoms with van der Waals surface area (Å²) in [7, 11) is 0. The highest BCUT2D eigenvalue weighted by atomic mass is 19.1. The Hall–Kier alpha value is -0.960.